The Hall–Kier alpha value is -3.74. The Balaban J connectivity index is 1.33. The second-order valence-electron chi connectivity index (χ2n) is 8.72. The van der Waals surface area contributed by atoms with E-state index >= 15 is 0 Å². The molecule has 2 aliphatic rings. The quantitative estimate of drug-likeness (QED) is 0.645. The first-order valence-electron chi connectivity index (χ1n) is 11.4. The summed E-state index contributed by atoms with van der Waals surface area (Å²) in [4.78, 5) is 31.6. The first-order chi connectivity index (χ1) is 16.1. The predicted octanol–water partition coefficient (Wildman–Crippen LogP) is 4.14. The Kier molecular flexibility index (Phi) is 5.77. The van der Waals surface area contributed by atoms with Crippen molar-refractivity contribution >= 4 is 28.8 Å². The van der Waals surface area contributed by atoms with Gasteiger partial charge in [-0.2, -0.15) is 5.10 Å². The lowest BCUT2D eigenvalue weighted by molar-refractivity contribution is -0.119. The molecule has 1 aliphatic carbocycles. The number of amides is 2. The number of benzene rings is 2. The van der Waals surface area contributed by atoms with Gasteiger partial charge in [0.1, 0.15) is 19.2 Å². The molecular formula is C26H27N5O2. The van der Waals surface area contributed by atoms with Crippen molar-refractivity contribution in [3.63, 3.8) is 0 Å². The Morgan fingerprint density at radius 3 is 2.64 bits per heavy atom. The van der Waals surface area contributed by atoms with Crippen LogP contribution in [-0.4, -0.2) is 33.1 Å². The van der Waals surface area contributed by atoms with Crippen LogP contribution in [0.4, 0.5) is 11.4 Å². The smallest absolute Gasteiger partial charge is 0.251 e. The summed E-state index contributed by atoms with van der Waals surface area (Å²) in [7, 11) is 0. The number of anilines is 2. The fraction of sp³-hybridized carbons (Fsp3) is 0.308. The molecule has 0 radical (unpaired) electrons. The van der Waals surface area contributed by atoms with Crippen LogP contribution in [0.2, 0.25) is 0 Å². The molecular weight excluding hydrogens is 414 g/mol. The minimum absolute atomic E-state index is 0.0221. The molecule has 0 saturated heterocycles. The maximum Gasteiger partial charge on any atom is 0.251 e. The van der Waals surface area contributed by atoms with Gasteiger partial charge in [-0.25, -0.2) is 9.67 Å². The number of nitrogens with one attached hydrogen (secondary N) is 1. The first-order valence-corrected chi connectivity index (χ1v) is 11.4. The van der Waals surface area contributed by atoms with Crippen LogP contribution in [0, 0.1) is 6.92 Å². The van der Waals surface area contributed by atoms with Crippen molar-refractivity contribution < 1.29 is 9.59 Å². The molecule has 2 amide bonds. The number of hydrogen-bond donors (Lipinski definition) is 1. The van der Waals surface area contributed by atoms with Crippen molar-refractivity contribution in [3.05, 3.63) is 77.4 Å². The van der Waals surface area contributed by atoms with Gasteiger partial charge in [0, 0.05) is 23.5 Å². The number of carbonyl (C=O) groups is 2. The molecule has 5 rings (SSSR count). The van der Waals surface area contributed by atoms with Crippen molar-refractivity contribution in [2.45, 2.75) is 45.6 Å². The van der Waals surface area contributed by atoms with Gasteiger partial charge in [0.15, 0.2) is 0 Å². The van der Waals surface area contributed by atoms with Gasteiger partial charge >= 0.3 is 0 Å². The van der Waals surface area contributed by atoms with E-state index in [1.165, 1.54) is 16.6 Å². The van der Waals surface area contributed by atoms with E-state index < -0.39 is 0 Å². The highest BCUT2D eigenvalue weighted by molar-refractivity contribution is 6.09. The van der Waals surface area contributed by atoms with Crippen molar-refractivity contribution in [1.29, 1.82) is 0 Å². The molecule has 0 unspecified atom stereocenters. The molecule has 0 saturated carbocycles. The average Bonchev–Trinajstić information content (AvgIpc) is 3.49. The topological polar surface area (TPSA) is 80.1 Å². The van der Waals surface area contributed by atoms with E-state index in [-0.39, 0.29) is 18.4 Å². The lowest BCUT2D eigenvalue weighted by atomic mass is 9.86. The van der Waals surface area contributed by atoms with Crippen molar-refractivity contribution in [2.75, 3.05) is 16.8 Å². The standard InChI is InChI=1S/C26H27N5O2/c1-18-6-8-19(9-7-18)22-4-2-3-5-23(22)26(33)29-21-10-11-24-20(14-21)12-13-31(24)25(32)15-30-17-27-16-28-30/h6-11,14,16-17H,2-5,12-13,15H2,1H3,(H,29,33). The number of fused-ring (bicyclic) bond motifs is 1. The summed E-state index contributed by atoms with van der Waals surface area (Å²) in [6, 6.07) is 14.2. The number of allylic oxidation sites excluding steroid dienone is 1. The van der Waals surface area contributed by atoms with E-state index in [2.05, 4.69) is 46.6 Å². The highest BCUT2D eigenvalue weighted by Gasteiger charge is 2.26. The van der Waals surface area contributed by atoms with Crippen LogP contribution in [0.3, 0.4) is 0 Å². The molecule has 1 aromatic heterocycles. The van der Waals surface area contributed by atoms with E-state index in [0.29, 0.717) is 6.54 Å². The van der Waals surface area contributed by atoms with Crippen LogP contribution in [0.5, 0.6) is 0 Å². The molecule has 0 spiro atoms. The molecule has 7 heteroatoms. The fourth-order valence-electron chi connectivity index (χ4n) is 4.71. The normalized spacial score (nSPS) is 15.5. The number of rotatable bonds is 5. The molecule has 33 heavy (non-hydrogen) atoms. The van der Waals surface area contributed by atoms with Crippen molar-refractivity contribution in [2.24, 2.45) is 0 Å². The first kappa shape index (κ1) is 21.1. The SMILES string of the molecule is Cc1ccc(C2=C(C(=O)Nc3ccc4c(c3)CCN4C(=O)Cn3cncn3)CCCC2)cc1. The van der Waals surface area contributed by atoms with Crippen LogP contribution in [0.25, 0.3) is 5.57 Å². The molecule has 168 valence electrons. The average molecular weight is 442 g/mol. The fourth-order valence-corrected chi connectivity index (χ4v) is 4.71. The van der Waals surface area contributed by atoms with Gasteiger partial charge in [-0.05, 0) is 73.9 Å². The Morgan fingerprint density at radius 2 is 1.85 bits per heavy atom. The minimum Gasteiger partial charge on any atom is -0.322 e. The third-order valence-corrected chi connectivity index (χ3v) is 6.44. The number of aryl methyl sites for hydroxylation is 1. The summed E-state index contributed by atoms with van der Waals surface area (Å²) in [6.45, 7) is 2.86. The minimum atomic E-state index is -0.0256. The van der Waals surface area contributed by atoms with E-state index in [0.717, 1.165) is 65.8 Å². The zero-order valence-electron chi connectivity index (χ0n) is 18.8. The number of aromatic nitrogens is 3. The number of carbonyl (C=O) groups excluding carboxylic acids is 2. The zero-order chi connectivity index (χ0) is 22.8. The Labute approximate surface area is 193 Å². The highest BCUT2D eigenvalue weighted by Crippen LogP contribution is 2.34. The Bertz CT molecular complexity index is 1210. The second kappa shape index (κ2) is 9.02. The maximum absolute atomic E-state index is 13.2. The monoisotopic (exact) mass is 441 g/mol. The Morgan fingerprint density at radius 1 is 1.03 bits per heavy atom. The zero-order valence-corrected chi connectivity index (χ0v) is 18.8. The maximum atomic E-state index is 13.2. The van der Waals surface area contributed by atoms with Gasteiger partial charge < -0.3 is 10.2 Å². The largest absolute Gasteiger partial charge is 0.322 e. The van der Waals surface area contributed by atoms with E-state index in [1.54, 1.807) is 11.2 Å². The molecule has 2 aromatic carbocycles. The highest BCUT2D eigenvalue weighted by atomic mass is 16.2. The van der Waals surface area contributed by atoms with Gasteiger partial charge in [0.05, 0.1) is 0 Å². The number of hydrogen-bond acceptors (Lipinski definition) is 4. The van der Waals surface area contributed by atoms with Gasteiger partial charge in [-0.15, -0.1) is 0 Å². The molecule has 1 N–H and O–H groups in total. The third kappa shape index (κ3) is 4.44. The van der Waals surface area contributed by atoms with Crippen LogP contribution in [-0.2, 0) is 22.6 Å². The summed E-state index contributed by atoms with van der Waals surface area (Å²) in [5.74, 6) is -0.0477. The second-order valence-corrected chi connectivity index (χ2v) is 8.72. The summed E-state index contributed by atoms with van der Waals surface area (Å²) in [5, 5.41) is 7.12. The van der Waals surface area contributed by atoms with Crippen molar-refractivity contribution in [3.8, 4) is 0 Å². The summed E-state index contributed by atoms with van der Waals surface area (Å²) < 4.78 is 1.53. The predicted molar refractivity (Wildman–Crippen MR) is 128 cm³/mol. The van der Waals surface area contributed by atoms with E-state index in [9.17, 15) is 9.59 Å². The molecule has 1 aliphatic heterocycles. The van der Waals surface area contributed by atoms with Gasteiger partial charge in [-0.3, -0.25) is 9.59 Å². The molecule has 0 atom stereocenters. The van der Waals surface area contributed by atoms with Crippen LogP contribution in [0.15, 0.2) is 60.7 Å². The molecule has 0 bridgehead atoms. The van der Waals surface area contributed by atoms with Gasteiger partial charge in [0.2, 0.25) is 5.91 Å². The van der Waals surface area contributed by atoms with Crippen LogP contribution >= 0.6 is 0 Å². The lowest BCUT2D eigenvalue weighted by Gasteiger charge is -2.21. The molecule has 0 fully saturated rings. The number of nitrogens with zero attached hydrogens (tertiary/aromatic N) is 4. The van der Waals surface area contributed by atoms with Crippen LogP contribution < -0.4 is 10.2 Å². The van der Waals surface area contributed by atoms with Crippen molar-refractivity contribution in [1.82, 2.24) is 14.8 Å². The van der Waals surface area contributed by atoms with E-state index in [4.69, 9.17) is 0 Å². The molecule has 2 heterocycles. The summed E-state index contributed by atoms with van der Waals surface area (Å²) in [5.41, 5.74) is 7.13. The molecule has 3 aromatic rings. The van der Waals surface area contributed by atoms with Gasteiger partial charge in [0.25, 0.3) is 5.91 Å². The third-order valence-electron chi connectivity index (χ3n) is 6.44. The lowest BCUT2D eigenvalue weighted by Crippen LogP contribution is -2.32. The van der Waals surface area contributed by atoms with Gasteiger partial charge in [-0.1, -0.05) is 29.8 Å². The molecule has 7 nitrogen and oxygen atoms in total. The summed E-state index contributed by atoms with van der Waals surface area (Å²) >= 11 is 0. The van der Waals surface area contributed by atoms with Crippen LogP contribution in [0.1, 0.15) is 42.4 Å². The van der Waals surface area contributed by atoms with E-state index in [1.807, 2.05) is 18.2 Å². The summed E-state index contributed by atoms with van der Waals surface area (Å²) in [6.07, 6.45) is 7.59.